The third-order valence-electron chi connectivity index (χ3n) is 4.32. The summed E-state index contributed by atoms with van der Waals surface area (Å²) in [6.07, 6.45) is 0.424. The monoisotopic (exact) mass is 306 g/mol. The van der Waals surface area contributed by atoms with Crippen molar-refractivity contribution in [2.75, 3.05) is 26.2 Å². The third kappa shape index (κ3) is 7.00. The van der Waals surface area contributed by atoms with Gasteiger partial charge in [0.15, 0.2) is 0 Å². The molecule has 0 spiro atoms. The summed E-state index contributed by atoms with van der Waals surface area (Å²) < 4.78 is 37.3. The summed E-state index contributed by atoms with van der Waals surface area (Å²) in [6, 6.07) is -0.0218. The van der Waals surface area contributed by atoms with E-state index in [1.165, 1.54) is 12.8 Å². The van der Waals surface area contributed by atoms with Crippen LogP contribution >= 0.6 is 0 Å². The number of hydrogen-bond donors (Lipinski definition) is 1. The molecule has 0 amide bonds. The van der Waals surface area contributed by atoms with Gasteiger partial charge in [-0.05, 0) is 42.9 Å². The molecule has 0 aromatic carbocycles. The molecule has 1 heterocycles. The first-order valence-electron chi connectivity index (χ1n) is 8.13. The minimum Gasteiger partial charge on any atom is -0.305 e. The summed E-state index contributed by atoms with van der Waals surface area (Å²) in [7, 11) is 0. The quantitative estimate of drug-likeness (QED) is 0.833. The van der Waals surface area contributed by atoms with E-state index < -0.39 is 12.7 Å². The lowest BCUT2D eigenvalue weighted by Gasteiger charge is -2.40. The fraction of sp³-hybridized carbons (Fsp3) is 1.00. The van der Waals surface area contributed by atoms with Gasteiger partial charge in [-0.15, -0.1) is 0 Å². The Kier molecular flexibility index (Phi) is 5.24. The van der Waals surface area contributed by atoms with E-state index in [0.717, 1.165) is 38.4 Å². The largest absolute Gasteiger partial charge is 0.401 e. The Bertz CT molecular complexity index is 331. The maximum Gasteiger partial charge on any atom is 0.401 e. The normalized spacial score (nSPS) is 28.9. The molecule has 0 aromatic heterocycles. The Labute approximate surface area is 126 Å². The Morgan fingerprint density at radius 3 is 2.24 bits per heavy atom. The molecule has 1 aliphatic heterocycles. The van der Waals surface area contributed by atoms with Gasteiger partial charge in [0.25, 0.3) is 0 Å². The van der Waals surface area contributed by atoms with Crippen molar-refractivity contribution in [3.8, 4) is 0 Å². The Hall–Kier alpha value is -0.290. The van der Waals surface area contributed by atoms with E-state index >= 15 is 0 Å². The van der Waals surface area contributed by atoms with E-state index in [2.05, 4.69) is 31.0 Å². The van der Waals surface area contributed by atoms with Gasteiger partial charge in [-0.2, -0.15) is 13.2 Å². The molecule has 5 heteroatoms. The highest BCUT2D eigenvalue weighted by atomic mass is 19.4. The molecule has 0 bridgehead atoms. The van der Waals surface area contributed by atoms with Gasteiger partial charge in [0, 0.05) is 25.7 Å². The topological polar surface area (TPSA) is 15.3 Å². The molecular formula is C16H29F3N2. The van der Waals surface area contributed by atoms with Crippen molar-refractivity contribution in [2.24, 2.45) is 17.3 Å². The van der Waals surface area contributed by atoms with Crippen LogP contribution in [0.4, 0.5) is 13.2 Å². The molecule has 2 rings (SSSR count). The van der Waals surface area contributed by atoms with E-state index in [0.29, 0.717) is 5.92 Å². The molecule has 0 aromatic rings. The molecular weight excluding hydrogens is 277 g/mol. The lowest BCUT2D eigenvalue weighted by atomic mass is 9.80. The molecule has 0 radical (unpaired) electrons. The lowest BCUT2D eigenvalue weighted by molar-refractivity contribution is -0.127. The van der Waals surface area contributed by atoms with Crippen LogP contribution in [0.25, 0.3) is 0 Å². The first-order chi connectivity index (χ1) is 9.61. The van der Waals surface area contributed by atoms with E-state index in [1.807, 2.05) is 0 Å². The van der Waals surface area contributed by atoms with Crippen molar-refractivity contribution in [2.45, 2.75) is 58.7 Å². The van der Waals surface area contributed by atoms with Crippen molar-refractivity contribution in [1.82, 2.24) is 10.2 Å². The van der Waals surface area contributed by atoms with Gasteiger partial charge in [0.1, 0.15) is 0 Å². The number of piperidine rings is 1. The van der Waals surface area contributed by atoms with Gasteiger partial charge >= 0.3 is 6.18 Å². The smallest absolute Gasteiger partial charge is 0.305 e. The fourth-order valence-electron chi connectivity index (χ4n) is 3.54. The highest BCUT2D eigenvalue weighted by molar-refractivity contribution is 4.88. The van der Waals surface area contributed by atoms with Gasteiger partial charge in [0.05, 0.1) is 6.54 Å². The standard InChI is InChI=1S/C16H29F3N2/c1-15(2,3)7-13-6-14(20-11-16(17,18)19)10-21(9-13)8-12-4-5-12/h12-14,20H,4-11H2,1-3H3. The highest BCUT2D eigenvalue weighted by Gasteiger charge is 2.35. The van der Waals surface area contributed by atoms with Crippen molar-refractivity contribution in [1.29, 1.82) is 0 Å². The average molecular weight is 306 g/mol. The minimum atomic E-state index is -4.11. The number of halogens is 3. The Morgan fingerprint density at radius 2 is 1.71 bits per heavy atom. The molecule has 1 aliphatic carbocycles. The average Bonchev–Trinajstić information content (AvgIpc) is 3.06. The van der Waals surface area contributed by atoms with Crippen molar-refractivity contribution in [3.05, 3.63) is 0 Å². The highest BCUT2D eigenvalue weighted by Crippen LogP contribution is 2.34. The van der Waals surface area contributed by atoms with E-state index in [4.69, 9.17) is 0 Å². The number of nitrogens with zero attached hydrogens (tertiary/aromatic N) is 1. The van der Waals surface area contributed by atoms with Gasteiger partial charge in [-0.25, -0.2) is 0 Å². The number of hydrogen-bond acceptors (Lipinski definition) is 2. The molecule has 21 heavy (non-hydrogen) atoms. The predicted molar refractivity (Wildman–Crippen MR) is 79.2 cm³/mol. The van der Waals surface area contributed by atoms with Crippen molar-refractivity contribution < 1.29 is 13.2 Å². The number of nitrogens with one attached hydrogen (secondary N) is 1. The molecule has 2 fully saturated rings. The molecule has 2 aliphatic rings. The molecule has 1 saturated heterocycles. The zero-order chi connectivity index (χ0) is 15.7. The molecule has 1 saturated carbocycles. The second kappa shape index (κ2) is 6.45. The molecule has 2 atom stereocenters. The summed E-state index contributed by atoms with van der Waals surface area (Å²) in [4.78, 5) is 2.39. The number of alkyl halides is 3. The maximum atomic E-state index is 12.4. The zero-order valence-electron chi connectivity index (χ0n) is 13.5. The van der Waals surface area contributed by atoms with E-state index in [9.17, 15) is 13.2 Å². The second-order valence-electron chi connectivity index (χ2n) is 8.22. The van der Waals surface area contributed by atoms with Crippen LogP contribution in [-0.4, -0.2) is 43.3 Å². The van der Waals surface area contributed by atoms with Gasteiger partial charge < -0.3 is 10.2 Å². The number of likely N-dealkylation sites (tertiary alicyclic amines) is 1. The molecule has 1 N–H and O–H groups in total. The Morgan fingerprint density at radius 1 is 1.05 bits per heavy atom. The first-order valence-corrected chi connectivity index (χ1v) is 8.13. The lowest BCUT2D eigenvalue weighted by Crippen LogP contribution is -2.51. The van der Waals surface area contributed by atoms with Crippen LogP contribution in [0.15, 0.2) is 0 Å². The second-order valence-corrected chi connectivity index (χ2v) is 8.22. The fourth-order valence-corrected chi connectivity index (χ4v) is 3.54. The maximum absolute atomic E-state index is 12.4. The van der Waals surface area contributed by atoms with Crippen LogP contribution in [0.5, 0.6) is 0 Å². The van der Waals surface area contributed by atoms with E-state index in [-0.39, 0.29) is 11.5 Å². The van der Waals surface area contributed by atoms with Crippen LogP contribution in [-0.2, 0) is 0 Å². The summed E-state index contributed by atoms with van der Waals surface area (Å²) in [5, 5.41) is 2.73. The number of rotatable bonds is 5. The van der Waals surface area contributed by atoms with Crippen molar-refractivity contribution >= 4 is 0 Å². The summed E-state index contributed by atoms with van der Waals surface area (Å²) in [5.74, 6) is 1.30. The van der Waals surface area contributed by atoms with Gasteiger partial charge in [-0.3, -0.25) is 0 Å². The first kappa shape index (κ1) is 17.1. The predicted octanol–water partition coefficient (Wildman–Crippen LogP) is 3.68. The van der Waals surface area contributed by atoms with Crippen LogP contribution in [0.2, 0.25) is 0 Å². The summed E-state index contributed by atoms with van der Waals surface area (Å²) in [6.45, 7) is 8.67. The molecule has 2 unspecified atom stereocenters. The minimum absolute atomic E-state index is 0.0218. The van der Waals surface area contributed by atoms with Crippen LogP contribution in [0.3, 0.4) is 0 Å². The van der Waals surface area contributed by atoms with Crippen LogP contribution in [0.1, 0.15) is 46.5 Å². The summed E-state index contributed by atoms with van der Waals surface area (Å²) >= 11 is 0. The van der Waals surface area contributed by atoms with Gasteiger partial charge in [0.2, 0.25) is 0 Å². The summed E-state index contributed by atoms with van der Waals surface area (Å²) in [5.41, 5.74) is 0.238. The zero-order valence-corrected chi connectivity index (χ0v) is 13.5. The van der Waals surface area contributed by atoms with Crippen LogP contribution in [0, 0.1) is 17.3 Å². The van der Waals surface area contributed by atoms with Crippen LogP contribution < -0.4 is 5.32 Å². The molecule has 124 valence electrons. The van der Waals surface area contributed by atoms with Gasteiger partial charge in [-0.1, -0.05) is 20.8 Å². The third-order valence-corrected chi connectivity index (χ3v) is 4.32. The van der Waals surface area contributed by atoms with E-state index in [1.54, 1.807) is 0 Å². The van der Waals surface area contributed by atoms with Crippen molar-refractivity contribution in [3.63, 3.8) is 0 Å². The molecule has 2 nitrogen and oxygen atoms in total. The Balaban J connectivity index is 1.89. The SMILES string of the molecule is CC(C)(C)CC1CC(NCC(F)(F)F)CN(CC2CC2)C1.